The largest absolute Gasteiger partial charge is 0.357 e. The van der Waals surface area contributed by atoms with E-state index in [4.69, 9.17) is 0 Å². The van der Waals surface area contributed by atoms with Crippen molar-refractivity contribution in [3.05, 3.63) is 71.8 Å². The van der Waals surface area contributed by atoms with Gasteiger partial charge in [-0.25, -0.2) is 8.42 Å². The van der Waals surface area contributed by atoms with Crippen LogP contribution in [0, 0.1) is 6.92 Å². The molecule has 1 aliphatic rings. The summed E-state index contributed by atoms with van der Waals surface area (Å²) in [4.78, 5) is 27.4. The van der Waals surface area contributed by atoms with Gasteiger partial charge in [-0.2, -0.15) is 0 Å². The van der Waals surface area contributed by atoms with E-state index in [2.05, 4.69) is 5.32 Å². The maximum Gasteiger partial charge on any atom is 0.265 e. The summed E-state index contributed by atoms with van der Waals surface area (Å²) < 4.78 is 27.7. The number of likely N-dealkylation sites (N-methyl/N-ethyl adjacent to an activating group) is 1. The van der Waals surface area contributed by atoms with Crippen LogP contribution in [0.15, 0.2) is 65.6 Å². The van der Waals surface area contributed by atoms with E-state index in [1.54, 1.807) is 37.1 Å². The molecule has 0 saturated heterocycles. The third-order valence-electron chi connectivity index (χ3n) is 6.32. The van der Waals surface area contributed by atoms with Crippen molar-refractivity contribution >= 4 is 38.3 Å². The van der Waals surface area contributed by atoms with Crippen LogP contribution in [0.4, 0.5) is 5.69 Å². The lowest BCUT2D eigenvalue weighted by Crippen LogP contribution is -2.46. The Labute approximate surface area is 200 Å². The summed E-state index contributed by atoms with van der Waals surface area (Å²) in [6.07, 6.45) is 0.471. The number of carbonyl (C=O) groups excluding carboxylic acids is 2. The number of benzene rings is 3. The predicted octanol–water partition coefficient (Wildman–Crippen LogP) is 3.60. The number of nitrogens with one attached hydrogen (secondary N) is 1. The van der Waals surface area contributed by atoms with Gasteiger partial charge in [-0.05, 0) is 43.4 Å². The van der Waals surface area contributed by atoms with Crippen LogP contribution in [-0.2, 0) is 26.2 Å². The normalized spacial score (nSPS) is 14.7. The van der Waals surface area contributed by atoms with E-state index in [0.717, 1.165) is 21.9 Å². The molecular formula is C26H29N3O4S. The minimum Gasteiger partial charge on any atom is -0.357 e. The smallest absolute Gasteiger partial charge is 0.265 e. The monoisotopic (exact) mass is 479 g/mol. The fourth-order valence-electron chi connectivity index (χ4n) is 4.40. The van der Waals surface area contributed by atoms with Crippen LogP contribution in [0.5, 0.6) is 0 Å². The van der Waals surface area contributed by atoms with Gasteiger partial charge in [0, 0.05) is 31.9 Å². The van der Waals surface area contributed by atoms with Crippen LogP contribution < -0.4 is 9.62 Å². The fraction of sp³-hybridized carbons (Fsp3) is 0.308. The van der Waals surface area contributed by atoms with Crippen molar-refractivity contribution in [2.75, 3.05) is 17.9 Å². The van der Waals surface area contributed by atoms with Crippen LogP contribution in [-0.4, -0.2) is 44.8 Å². The average Bonchev–Trinajstić information content (AvgIpc) is 3.05. The topological polar surface area (TPSA) is 86.8 Å². The molecule has 0 unspecified atom stereocenters. The number of anilines is 1. The van der Waals surface area contributed by atoms with Gasteiger partial charge in [-0.3, -0.25) is 13.9 Å². The number of aryl methyl sites for hydroxylation is 1. The molecular weight excluding hydrogens is 450 g/mol. The summed E-state index contributed by atoms with van der Waals surface area (Å²) >= 11 is 0. The Morgan fingerprint density at radius 2 is 1.71 bits per heavy atom. The Hall–Kier alpha value is -3.39. The fourth-order valence-corrected chi connectivity index (χ4v) is 6.15. The van der Waals surface area contributed by atoms with Crippen molar-refractivity contribution in [2.45, 2.75) is 44.2 Å². The first-order chi connectivity index (χ1) is 16.2. The predicted molar refractivity (Wildman–Crippen MR) is 133 cm³/mol. The first-order valence-corrected chi connectivity index (χ1v) is 12.8. The molecule has 0 aliphatic carbocycles. The average molecular weight is 480 g/mol. The molecule has 1 atom stereocenters. The molecule has 1 heterocycles. The Morgan fingerprint density at radius 3 is 2.38 bits per heavy atom. The zero-order valence-corrected chi connectivity index (χ0v) is 20.4. The van der Waals surface area contributed by atoms with Crippen LogP contribution in [0.25, 0.3) is 10.8 Å². The minimum atomic E-state index is -3.66. The third kappa shape index (κ3) is 4.37. The standard InChI is InChI=1S/C26H29N3O4S/c1-18-12-14-20(15-13-18)17-28(19(2)26(31)27-3)24(30)11-6-16-29-22-9-4-7-21-8-5-10-23(25(21)22)34(29,32)33/h4-5,7-10,12-15,19H,6,11,16-17H2,1-3H3,(H,27,31)/t19-/m0/s1. The molecule has 0 saturated carbocycles. The van der Waals surface area contributed by atoms with Crippen molar-refractivity contribution in [1.82, 2.24) is 10.2 Å². The van der Waals surface area contributed by atoms with Gasteiger partial charge in [0.1, 0.15) is 6.04 Å². The van der Waals surface area contributed by atoms with Crippen LogP contribution >= 0.6 is 0 Å². The lowest BCUT2D eigenvalue weighted by Gasteiger charge is -2.29. The minimum absolute atomic E-state index is 0.130. The van der Waals surface area contributed by atoms with Gasteiger partial charge in [0.15, 0.2) is 0 Å². The summed E-state index contributed by atoms with van der Waals surface area (Å²) in [6, 6.07) is 18.0. The summed E-state index contributed by atoms with van der Waals surface area (Å²) in [5.74, 6) is -0.436. The molecule has 0 spiro atoms. The van der Waals surface area contributed by atoms with Crippen molar-refractivity contribution in [2.24, 2.45) is 0 Å². The first kappa shape index (κ1) is 23.8. The second kappa shape index (κ2) is 9.46. The number of carbonyl (C=O) groups is 2. The van der Waals surface area contributed by atoms with E-state index < -0.39 is 16.1 Å². The van der Waals surface area contributed by atoms with E-state index in [1.807, 2.05) is 49.4 Å². The molecule has 3 aromatic rings. The van der Waals surface area contributed by atoms with Crippen molar-refractivity contribution < 1.29 is 18.0 Å². The van der Waals surface area contributed by atoms with Crippen molar-refractivity contribution in [1.29, 1.82) is 0 Å². The highest BCUT2D eigenvalue weighted by Crippen LogP contribution is 2.42. The summed E-state index contributed by atoms with van der Waals surface area (Å²) in [7, 11) is -2.11. The van der Waals surface area contributed by atoms with Crippen LogP contribution in [0.1, 0.15) is 30.9 Å². The van der Waals surface area contributed by atoms with Crippen molar-refractivity contribution in [3.8, 4) is 0 Å². The Kier molecular flexibility index (Phi) is 6.61. The molecule has 1 aliphatic heterocycles. The molecule has 0 bridgehead atoms. The molecule has 178 valence electrons. The molecule has 8 heteroatoms. The second-order valence-corrected chi connectivity index (χ2v) is 10.4. The van der Waals surface area contributed by atoms with Gasteiger partial charge < -0.3 is 10.2 Å². The first-order valence-electron chi connectivity index (χ1n) is 11.3. The highest BCUT2D eigenvalue weighted by Gasteiger charge is 2.35. The van der Waals surface area contributed by atoms with E-state index in [1.165, 1.54) is 4.31 Å². The van der Waals surface area contributed by atoms with Gasteiger partial charge in [0.05, 0.1) is 10.6 Å². The molecule has 0 radical (unpaired) electrons. The van der Waals surface area contributed by atoms with E-state index in [-0.39, 0.29) is 24.8 Å². The SMILES string of the molecule is CNC(=O)[C@H](C)N(Cc1ccc(C)cc1)C(=O)CCCN1c2cccc3cccc(c23)S1(=O)=O. The third-order valence-corrected chi connectivity index (χ3v) is 8.18. The number of sulfonamides is 1. The molecule has 0 aromatic heterocycles. The van der Waals surface area contributed by atoms with Crippen LogP contribution in [0.2, 0.25) is 0 Å². The molecule has 34 heavy (non-hydrogen) atoms. The van der Waals surface area contributed by atoms with Gasteiger partial charge in [0.25, 0.3) is 10.0 Å². The van der Waals surface area contributed by atoms with Gasteiger partial charge >= 0.3 is 0 Å². The lowest BCUT2D eigenvalue weighted by molar-refractivity contribution is -0.140. The maximum atomic E-state index is 13.2. The zero-order valence-electron chi connectivity index (χ0n) is 19.6. The molecule has 0 fully saturated rings. The molecule has 1 N–H and O–H groups in total. The number of nitrogens with zero attached hydrogens (tertiary/aromatic N) is 2. The van der Waals surface area contributed by atoms with Gasteiger partial charge in [-0.15, -0.1) is 0 Å². The summed E-state index contributed by atoms with van der Waals surface area (Å²) in [5.41, 5.74) is 2.69. The molecule has 7 nitrogen and oxygen atoms in total. The highest BCUT2D eigenvalue weighted by molar-refractivity contribution is 7.93. The van der Waals surface area contributed by atoms with Gasteiger partial charge in [0.2, 0.25) is 11.8 Å². The number of hydrogen-bond donors (Lipinski definition) is 1. The Morgan fingerprint density at radius 1 is 1.03 bits per heavy atom. The zero-order chi connectivity index (χ0) is 24.5. The molecule has 4 rings (SSSR count). The van der Waals surface area contributed by atoms with E-state index in [9.17, 15) is 18.0 Å². The van der Waals surface area contributed by atoms with E-state index >= 15 is 0 Å². The summed E-state index contributed by atoms with van der Waals surface area (Å²) in [5, 5.41) is 4.21. The Bertz CT molecular complexity index is 1330. The quantitative estimate of drug-likeness (QED) is 0.535. The highest BCUT2D eigenvalue weighted by atomic mass is 32.2. The number of amides is 2. The Balaban J connectivity index is 1.49. The van der Waals surface area contributed by atoms with Crippen LogP contribution in [0.3, 0.4) is 0 Å². The number of rotatable bonds is 8. The summed E-state index contributed by atoms with van der Waals surface area (Å²) in [6.45, 7) is 4.19. The molecule has 3 aromatic carbocycles. The second-order valence-electron chi connectivity index (χ2n) is 8.61. The lowest BCUT2D eigenvalue weighted by atomic mass is 10.1. The molecule has 2 amide bonds. The maximum absolute atomic E-state index is 13.2. The van der Waals surface area contributed by atoms with Gasteiger partial charge in [-0.1, -0.05) is 54.1 Å². The number of hydrogen-bond acceptors (Lipinski definition) is 4. The van der Waals surface area contributed by atoms with Crippen molar-refractivity contribution in [3.63, 3.8) is 0 Å². The van der Waals surface area contributed by atoms with E-state index in [0.29, 0.717) is 23.5 Å².